The average molecular weight is 328 g/mol. The van der Waals surface area contributed by atoms with Gasteiger partial charge in [-0.3, -0.25) is 4.79 Å². The molecule has 23 heavy (non-hydrogen) atoms. The Labute approximate surface area is 138 Å². The van der Waals surface area contributed by atoms with E-state index in [0.717, 1.165) is 31.3 Å². The van der Waals surface area contributed by atoms with E-state index in [-0.39, 0.29) is 31.4 Å². The van der Waals surface area contributed by atoms with Crippen molar-refractivity contribution >= 4 is 5.97 Å². The molecule has 1 spiro atoms. The molecule has 1 saturated carbocycles. The second-order valence-electron chi connectivity index (χ2n) is 6.26. The number of hydrogen-bond donors (Lipinski definition) is 0. The summed E-state index contributed by atoms with van der Waals surface area (Å²) in [6.45, 7) is 4.62. The first-order valence-corrected chi connectivity index (χ1v) is 8.24. The Bertz CT molecular complexity index is 402. The van der Waals surface area contributed by atoms with Crippen LogP contribution in [0.15, 0.2) is 12.2 Å². The van der Waals surface area contributed by atoms with E-state index in [2.05, 4.69) is 11.3 Å². The van der Waals surface area contributed by atoms with Crippen LogP contribution in [0.5, 0.6) is 0 Å². The standard InChI is InChI=1S/C17H28O6/c1-13(10-16(18)20-3)9-14(21-12-19-2)15-11-22-17(23-15)7-5-4-6-8-17/h14-15H,1,4-12H2,2-3H3/t14-,15+/m0/s1. The van der Waals surface area contributed by atoms with Crippen LogP contribution in [0.1, 0.15) is 44.9 Å². The minimum atomic E-state index is -0.443. The highest BCUT2D eigenvalue weighted by molar-refractivity contribution is 5.72. The maximum absolute atomic E-state index is 11.4. The fourth-order valence-corrected chi connectivity index (χ4v) is 3.20. The molecule has 6 heteroatoms. The van der Waals surface area contributed by atoms with Crippen molar-refractivity contribution in [2.75, 3.05) is 27.6 Å². The van der Waals surface area contributed by atoms with E-state index in [1.54, 1.807) is 7.11 Å². The van der Waals surface area contributed by atoms with Gasteiger partial charge in [-0.05, 0) is 19.3 Å². The zero-order valence-corrected chi connectivity index (χ0v) is 14.2. The molecule has 0 amide bonds. The molecule has 6 nitrogen and oxygen atoms in total. The minimum Gasteiger partial charge on any atom is -0.469 e. The lowest BCUT2D eigenvalue weighted by molar-refractivity contribution is -0.204. The van der Waals surface area contributed by atoms with Crippen LogP contribution in [0.4, 0.5) is 0 Å². The Morgan fingerprint density at radius 2 is 2.04 bits per heavy atom. The summed E-state index contributed by atoms with van der Waals surface area (Å²) < 4.78 is 27.6. The average Bonchev–Trinajstić information content (AvgIpc) is 2.95. The van der Waals surface area contributed by atoms with Crippen LogP contribution in [0.2, 0.25) is 0 Å². The molecule has 0 N–H and O–H groups in total. The van der Waals surface area contributed by atoms with Gasteiger partial charge in [-0.1, -0.05) is 18.6 Å². The van der Waals surface area contributed by atoms with Crippen molar-refractivity contribution in [1.29, 1.82) is 0 Å². The molecule has 0 unspecified atom stereocenters. The molecule has 132 valence electrons. The first-order valence-electron chi connectivity index (χ1n) is 8.24. The summed E-state index contributed by atoms with van der Waals surface area (Å²) in [6, 6.07) is 0. The van der Waals surface area contributed by atoms with Gasteiger partial charge in [0.2, 0.25) is 0 Å². The van der Waals surface area contributed by atoms with Gasteiger partial charge in [-0.15, -0.1) is 0 Å². The van der Waals surface area contributed by atoms with Crippen LogP contribution < -0.4 is 0 Å². The summed E-state index contributed by atoms with van der Waals surface area (Å²) in [5.74, 6) is -0.741. The van der Waals surface area contributed by atoms with Crippen LogP contribution in [0.3, 0.4) is 0 Å². The van der Waals surface area contributed by atoms with Crippen molar-refractivity contribution < 1.29 is 28.5 Å². The van der Waals surface area contributed by atoms with Crippen LogP contribution in [-0.2, 0) is 28.5 Å². The van der Waals surface area contributed by atoms with Crippen LogP contribution in [0.25, 0.3) is 0 Å². The van der Waals surface area contributed by atoms with E-state index >= 15 is 0 Å². The SMILES string of the molecule is C=C(CC(=O)OC)C[C@H](OCOC)[C@H]1COC2(CCCCC2)O1. The van der Waals surface area contributed by atoms with Gasteiger partial charge in [-0.2, -0.15) is 0 Å². The van der Waals surface area contributed by atoms with E-state index in [0.29, 0.717) is 13.0 Å². The number of methoxy groups -OCH3 is 2. The molecule has 2 rings (SSSR count). The smallest absolute Gasteiger partial charge is 0.309 e. The van der Waals surface area contributed by atoms with Crippen LogP contribution in [-0.4, -0.2) is 51.6 Å². The lowest BCUT2D eigenvalue weighted by atomic mass is 9.94. The van der Waals surface area contributed by atoms with Gasteiger partial charge in [0.25, 0.3) is 0 Å². The number of esters is 1. The summed E-state index contributed by atoms with van der Waals surface area (Å²) in [4.78, 5) is 11.4. The van der Waals surface area contributed by atoms with E-state index in [1.165, 1.54) is 13.5 Å². The van der Waals surface area contributed by atoms with Crippen LogP contribution >= 0.6 is 0 Å². The topological polar surface area (TPSA) is 63.2 Å². The van der Waals surface area contributed by atoms with Gasteiger partial charge in [0.15, 0.2) is 5.79 Å². The monoisotopic (exact) mass is 328 g/mol. The minimum absolute atomic E-state index is 0.169. The van der Waals surface area contributed by atoms with Crippen molar-refractivity contribution in [1.82, 2.24) is 0 Å². The molecule has 2 aliphatic rings. The highest BCUT2D eigenvalue weighted by atomic mass is 16.8. The van der Waals surface area contributed by atoms with Crippen molar-refractivity contribution in [3.05, 3.63) is 12.2 Å². The Balaban J connectivity index is 1.92. The van der Waals surface area contributed by atoms with Crippen molar-refractivity contribution in [2.45, 2.75) is 62.9 Å². The molecule has 0 aromatic heterocycles. The first kappa shape index (κ1) is 18.4. The Hall–Kier alpha value is -0.950. The van der Waals surface area contributed by atoms with Crippen molar-refractivity contribution in [3.8, 4) is 0 Å². The number of carbonyl (C=O) groups is 1. The molecule has 2 fully saturated rings. The molecule has 0 aromatic rings. The molecule has 1 aliphatic heterocycles. The molecule has 2 atom stereocenters. The zero-order chi connectivity index (χ0) is 16.7. The second kappa shape index (κ2) is 8.78. The third kappa shape index (κ3) is 5.28. The number of hydrogen-bond acceptors (Lipinski definition) is 6. The Morgan fingerprint density at radius 3 is 2.70 bits per heavy atom. The molecular formula is C17H28O6. The Kier molecular flexibility index (Phi) is 7.02. The highest BCUT2D eigenvalue weighted by Crippen LogP contribution is 2.39. The first-order chi connectivity index (χ1) is 11.1. The van der Waals surface area contributed by atoms with E-state index in [4.69, 9.17) is 18.9 Å². The second-order valence-corrected chi connectivity index (χ2v) is 6.26. The lowest BCUT2D eigenvalue weighted by Gasteiger charge is -2.32. The molecule has 0 aromatic carbocycles. The van der Waals surface area contributed by atoms with E-state index in [9.17, 15) is 4.79 Å². The van der Waals surface area contributed by atoms with Gasteiger partial charge in [0, 0.05) is 20.0 Å². The Morgan fingerprint density at radius 1 is 1.30 bits per heavy atom. The maximum atomic E-state index is 11.4. The molecule has 1 aliphatic carbocycles. The van der Waals surface area contributed by atoms with E-state index in [1.807, 2.05) is 0 Å². The summed E-state index contributed by atoms with van der Waals surface area (Å²) in [5.41, 5.74) is 0.756. The largest absolute Gasteiger partial charge is 0.469 e. The molecular weight excluding hydrogens is 300 g/mol. The number of carbonyl (C=O) groups excluding carboxylic acids is 1. The van der Waals surface area contributed by atoms with Crippen molar-refractivity contribution in [3.63, 3.8) is 0 Å². The van der Waals surface area contributed by atoms with Crippen LogP contribution in [0, 0.1) is 0 Å². The third-order valence-electron chi connectivity index (χ3n) is 4.42. The normalized spacial score (nSPS) is 24.5. The number of rotatable bonds is 8. The summed E-state index contributed by atoms with van der Waals surface area (Å²) in [5, 5.41) is 0. The summed E-state index contributed by atoms with van der Waals surface area (Å²) in [6.07, 6.45) is 5.65. The third-order valence-corrected chi connectivity index (χ3v) is 4.42. The summed E-state index contributed by atoms with van der Waals surface area (Å²) >= 11 is 0. The quantitative estimate of drug-likeness (QED) is 0.388. The predicted octanol–water partition coefficient (Wildman–Crippen LogP) is 2.56. The lowest BCUT2D eigenvalue weighted by Crippen LogP contribution is -2.37. The van der Waals surface area contributed by atoms with Gasteiger partial charge in [-0.25, -0.2) is 0 Å². The zero-order valence-electron chi connectivity index (χ0n) is 14.2. The van der Waals surface area contributed by atoms with Gasteiger partial charge in [0.1, 0.15) is 12.9 Å². The fraction of sp³-hybridized carbons (Fsp3) is 0.824. The molecule has 0 bridgehead atoms. The van der Waals surface area contributed by atoms with E-state index < -0.39 is 5.79 Å². The van der Waals surface area contributed by atoms with Gasteiger partial charge < -0.3 is 23.7 Å². The van der Waals surface area contributed by atoms with Crippen molar-refractivity contribution in [2.24, 2.45) is 0 Å². The maximum Gasteiger partial charge on any atom is 0.309 e. The van der Waals surface area contributed by atoms with Gasteiger partial charge in [0.05, 0.1) is 26.2 Å². The predicted molar refractivity (Wildman–Crippen MR) is 83.8 cm³/mol. The highest BCUT2D eigenvalue weighted by Gasteiger charge is 2.45. The van der Waals surface area contributed by atoms with Gasteiger partial charge >= 0.3 is 5.97 Å². The summed E-state index contributed by atoms with van der Waals surface area (Å²) in [7, 11) is 2.95. The molecule has 1 saturated heterocycles. The fourth-order valence-electron chi connectivity index (χ4n) is 3.20. The number of ether oxygens (including phenoxy) is 5. The molecule has 0 radical (unpaired) electrons. The molecule has 1 heterocycles.